The quantitative estimate of drug-likeness (QED) is 0.312. The van der Waals surface area contributed by atoms with Crippen LogP contribution in [0.1, 0.15) is 11.1 Å². The lowest BCUT2D eigenvalue weighted by Gasteiger charge is -2.36. The molecule has 0 aliphatic carbocycles. The third kappa shape index (κ3) is 5.85. The average molecular weight is 548 g/mol. The van der Waals surface area contributed by atoms with Crippen molar-refractivity contribution in [1.82, 2.24) is 9.88 Å². The molecular weight excluding hydrogens is 515 g/mol. The summed E-state index contributed by atoms with van der Waals surface area (Å²) in [5.41, 5.74) is 3.33. The maximum absolute atomic E-state index is 13.1. The second-order valence-corrected chi connectivity index (χ2v) is 10.3. The molecule has 2 saturated heterocycles. The van der Waals surface area contributed by atoms with Crippen LogP contribution in [0.4, 0.5) is 36.1 Å². The van der Waals surface area contributed by atoms with Crippen molar-refractivity contribution in [2.24, 2.45) is 0 Å². The summed E-state index contributed by atoms with van der Waals surface area (Å²) in [4.78, 5) is 11.7. The highest BCUT2D eigenvalue weighted by atomic mass is 19.4. The highest BCUT2D eigenvalue weighted by Crippen LogP contribution is 2.33. The number of ether oxygens (including phenoxy) is 1. The van der Waals surface area contributed by atoms with Crippen LogP contribution in [0.5, 0.6) is 0 Å². The van der Waals surface area contributed by atoms with Gasteiger partial charge < -0.3 is 19.9 Å². The smallest absolute Gasteiger partial charge is 0.378 e. The average Bonchev–Trinajstić information content (AvgIpc) is 2.98. The molecule has 0 unspecified atom stereocenters. The number of halogens is 3. The van der Waals surface area contributed by atoms with Crippen molar-refractivity contribution in [2.75, 3.05) is 67.6 Å². The lowest BCUT2D eigenvalue weighted by Crippen LogP contribution is -2.46. The van der Waals surface area contributed by atoms with Gasteiger partial charge >= 0.3 is 6.18 Å². The number of pyridine rings is 1. The molecular formula is C31H32F3N5O. The summed E-state index contributed by atoms with van der Waals surface area (Å²) in [6.07, 6.45) is -2.40. The molecule has 1 N–H and O–H groups in total. The highest BCUT2D eigenvalue weighted by molar-refractivity contribution is 6.01. The minimum absolute atomic E-state index is 0.504. The number of hydrogen-bond acceptors (Lipinski definition) is 6. The molecule has 6 nitrogen and oxygen atoms in total. The van der Waals surface area contributed by atoms with Gasteiger partial charge in [-0.25, -0.2) is 4.98 Å². The number of fused-ring (bicyclic) bond motifs is 1. The number of alkyl halides is 3. The zero-order valence-electron chi connectivity index (χ0n) is 22.2. The van der Waals surface area contributed by atoms with Crippen molar-refractivity contribution >= 4 is 33.7 Å². The predicted molar refractivity (Wildman–Crippen MR) is 153 cm³/mol. The van der Waals surface area contributed by atoms with E-state index in [4.69, 9.17) is 9.72 Å². The molecule has 2 aliphatic heterocycles. The van der Waals surface area contributed by atoms with Gasteiger partial charge in [0, 0.05) is 68.0 Å². The maximum Gasteiger partial charge on any atom is 0.416 e. The van der Waals surface area contributed by atoms with E-state index in [0.29, 0.717) is 12.1 Å². The third-order valence-corrected chi connectivity index (χ3v) is 7.65. The first-order valence-corrected chi connectivity index (χ1v) is 13.6. The SMILES string of the molecule is FC(F)(F)c1cccc(CN2CCN(c3cnc(Nc4ccc(N5CCOCC5)cc4)c4ccccc34)CC2)c1. The van der Waals surface area contributed by atoms with Crippen LogP contribution >= 0.6 is 0 Å². The Kier molecular flexibility index (Phi) is 7.49. The largest absolute Gasteiger partial charge is 0.416 e. The van der Waals surface area contributed by atoms with Gasteiger partial charge in [0.15, 0.2) is 0 Å². The molecule has 4 aromatic rings. The zero-order chi connectivity index (χ0) is 27.5. The van der Waals surface area contributed by atoms with Gasteiger partial charge in [0.2, 0.25) is 0 Å². The van der Waals surface area contributed by atoms with Crippen molar-refractivity contribution in [3.63, 3.8) is 0 Å². The standard InChI is InChI=1S/C31H32F3N5O/c32-31(33,34)24-5-3-4-23(20-24)22-37-12-14-39(15-13-37)29-21-35-30(28-7-2-1-6-27(28)29)36-25-8-10-26(11-9-25)38-16-18-40-19-17-38/h1-11,20-21H,12-19,22H2,(H,35,36). The molecule has 208 valence electrons. The summed E-state index contributed by atoms with van der Waals surface area (Å²) in [5, 5.41) is 5.66. The molecule has 2 aliphatic rings. The van der Waals surface area contributed by atoms with Gasteiger partial charge in [-0.05, 0) is 35.9 Å². The first kappa shape index (κ1) is 26.4. The molecule has 3 heterocycles. The molecule has 9 heteroatoms. The highest BCUT2D eigenvalue weighted by Gasteiger charge is 2.30. The first-order chi connectivity index (χ1) is 19.4. The molecule has 0 spiro atoms. The number of rotatable bonds is 6. The fourth-order valence-electron chi connectivity index (χ4n) is 5.49. The van der Waals surface area contributed by atoms with Gasteiger partial charge in [0.05, 0.1) is 30.7 Å². The predicted octanol–water partition coefficient (Wildman–Crippen LogP) is 6.16. The molecule has 2 fully saturated rings. The molecule has 6 rings (SSSR count). The number of hydrogen-bond donors (Lipinski definition) is 1. The van der Waals surface area contributed by atoms with Crippen LogP contribution < -0.4 is 15.1 Å². The molecule has 0 atom stereocenters. The summed E-state index contributed by atoms with van der Waals surface area (Å²) in [5.74, 6) is 0.807. The summed E-state index contributed by atoms with van der Waals surface area (Å²) >= 11 is 0. The summed E-state index contributed by atoms with van der Waals surface area (Å²) in [6.45, 7) is 6.91. The topological polar surface area (TPSA) is 43.9 Å². The Morgan fingerprint density at radius 1 is 0.775 bits per heavy atom. The van der Waals surface area contributed by atoms with E-state index in [1.165, 1.54) is 17.8 Å². The first-order valence-electron chi connectivity index (χ1n) is 13.6. The number of nitrogens with zero attached hydrogens (tertiary/aromatic N) is 4. The van der Waals surface area contributed by atoms with Gasteiger partial charge in [0.1, 0.15) is 5.82 Å². The van der Waals surface area contributed by atoms with E-state index in [-0.39, 0.29) is 0 Å². The zero-order valence-corrected chi connectivity index (χ0v) is 22.2. The van der Waals surface area contributed by atoms with Crippen LogP contribution in [-0.2, 0) is 17.5 Å². The number of morpholine rings is 1. The number of anilines is 4. The van der Waals surface area contributed by atoms with E-state index in [2.05, 4.69) is 56.4 Å². The maximum atomic E-state index is 13.1. The van der Waals surface area contributed by atoms with Gasteiger partial charge in [-0.15, -0.1) is 0 Å². The fraction of sp³-hybridized carbons (Fsp3) is 0.323. The molecule has 3 aromatic carbocycles. The van der Waals surface area contributed by atoms with Crippen LogP contribution in [0.3, 0.4) is 0 Å². The Balaban J connectivity index is 1.13. The third-order valence-electron chi connectivity index (χ3n) is 7.65. The minimum atomic E-state index is -4.32. The van der Waals surface area contributed by atoms with Crippen LogP contribution in [0.25, 0.3) is 10.8 Å². The minimum Gasteiger partial charge on any atom is -0.378 e. The summed E-state index contributed by atoms with van der Waals surface area (Å²) < 4.78 is 44.8. The Morgan fingerprint density at radius 3 is 2.23 bits per heavy atom. The van der Waals surface area contributed by atoms with Crippen LogP contribution in [0, 0.1) is 0 Å². The van der Waals surface area contributed by atoms with Crippen molar-refractivity contribution < 1.29 is 17.9 Å². The summed E-state index contributed by atoms with van der Waals surface area (Å²) in [7, 11) is 0. The van der Waals surface area contributed by atoms with Crippen molar-refractivity contribution in [3.05, 3.63) is 90.1 Å². The molecule has 0 radical (unpaired) electrons. The van der Waals surface area contributed by atoms with Crippen LogP contribution in [0.2, 0.25) is 0 Å². The van der Waals surface area contributed by atoms with Crippen molar-refractivity contribution in [1.29, 1.82) is 0 Å². The van der Waals surface area contributed by atoms with Gasteiger partial charge in [-0.1, -0.05) is 42.5 Å². The second kappa shape index (κ2) is 11.3. The van der Waals surface area contributed by atoms with Gasteiger partial charge in [-0.3, -0.25) is 4.90 Å². The molecule has 0 bridgehead atoms. The van der Waals surface area contributed by atoms with Crippen molar-refractivity contribution in [2.45, 2.75) is 12.7 Å². The number of piperazine rings is 1. The van der Waals surface area contributed by atoms with E-state index in [9.17, 15) is 13.2 Å². The lowest BCUT2D eigenvalue weighted by atomic mass is 10.1. The van der Waals surface area contributed by atoms with Crippen LogP contribution in [0.15, 0.2) is 79.0 Å². The number of aromatic nitrogens is 1. The molecule has 1 aromatic heterocycles. The Labute approximate surface area is 232 Å². The van der Waals surface area contributed by atoms with Crippen LogP contribution in [-0.4, -0.2) is 62.4 Å². The Hall–Kier alpha value is -3.82. The monoisotopic (exact) mass is 547 g/mol. The lowest BCUT2D eigenvalue weighted by molar-refractivity contribution is -0.137. The molecule has 40 heavy (non-hydrogen) atoms. The molecule has 0 saturated carbocycles. The number of nitrogens with one attached hydrogen (secondary N) is 1. The number of benzene rings is 3. The van der Waals surface area contributed by atoms with E-state index in [1.807, 2.05) is 18.3 Å². The fourth-order valence-corrected chi connectivity index (χ4v) is 5.49. The van der Waals surface area contributed by atoms with Crippen molar-refractivity contribution in [3.8, 4) is 0 Å². The normalized spacial score (nSPS) is 16.9. The Morgan fingerprint density at radius 2 is 1.50 bits per heavy atom. The van der Waals surface area contributed by atoms with Gasteiger partial charge in [-0.2, -0.15) is 13.2 Å². The van der Waals surface area contributed by atoms with Gasteiger partial charge in [0.25, 0.3) is 0 Å². The van der Waals surface area contributed by atoms with E-state index < -0.39 is 11.7 Å². The van der Waals surface area contributed by atoms with E-state index in [1.54, 1.807) is 6.07 Å². The van der Waals surface area contributed by atoms with E-state index in [0.717, 1.165) is 86.5 Å². The molecule has 0 amide bonds. The summed E-state index contributed by atoms with van der Waals surface area (Å²) in [6, 6.07) is 22.3. The second-order valence-electron chi connectivity index (χ2n) is 10.3. The Bertz CT molecular complexity index is 1450. The van der Waals surface area contributed by atoms with E-state index >= 15 is 0 Å².